The number of rotatable bonds is 12. The van der Waals surface area contributed by atoms with Crippen LogP contribution in [0.1, 0.15) is 44.6 Å². The van der Waals surface area contributed by atoms with Crippen LogP contribution < -0.4 is 15.4 Å². The first-order valence-corrected chi connectivity index (χ1v) is 9.87. The number of nitrogens with one attached hydrogen (secondary N) is 2. The molecule has 0 unspecified atom stereocenters. The molecule has 0 saturated heterocycles. The van der Waals surface area contributed by atoms with E-state index < -0.39 is 11.7 Å². The maximum atomic E-state index is 12.7. The summed E-state index contributed by atoms with van der Waals surface area (Å²) in [6.07, 6.45) is 1.67. The van der Waals surface area contributed by atoms with E-state index in [1.807, 2.05) is 24.3 Å². The summed E-state index contributed by atoms with van der Waals surface area (Å²) in [5, 5.41) is 6.26. The summed E-state index contributed by atoms with van der Waals surface area (Å²) in [5.74, 6) is 0.825. The van der Waals surface area contributed by atoms with E-state index in [1.165, 1.54) is 31.7 Å². The van der Waals surface area contributed by atoms with Crippen molar-refractivity contribution in [3.8, 4) is 5.75 Å². The summed E-state index contributed by atoms with van der Waals surface area (Å²) in [7, 11) is 0. The van der Waals surface area contributed by atoms with Crippen LogP contribution in [0, 0.1) is 0 Å². The molecule has 0 heterocycles. The van der Waals surface area contributed by atoms with Crippen LogP contribution in [-0.2, 0) is 6.18 Å². The van der Waals surface area contributed by atoms with Crippen LogP contribution in [0.25, 0.3) is 0 Å². The molecular weight excluding hydrogens is 365 g/mol. The van der Waals surface area contributed by atoms with Crippen LogP contribution in [0.3, 0.4) is 0 Å². The van der Waals surface area contributed by atoms with Crippen LogP contribution >= 0.6 is 0 Å². The lowest BCUT2D eigenvalue weighted by Crippen LogP contribution is -2.14. The number of hydrogen-bond acceptors (Lipinski definition) is 3. The lowest BCUT2D eigenvalue weighted by molar-refractivity contribution is -0.137. The number of benzene rings is 2. The van der Waals surface area contributed by atoms with Crippen molar-refractivity contribution in [3.05, 3.63) is 54.1 Å². The van der Waals surface area contributed by atoms with Crippen LogP contribution in [-0.4, -0.2) is 19.7 Å². The van der Waals surface area contributed by atoms with Crippen LogP contribution in [0.15, 0.2) is 48.5 Å². The van der Waals surface area contributed by atoms with Crippen molar-refractivity contribution >= 4 is 11.4 Å². The van der Waals surface area contributed by atoms with Crippen molar-refractivity contribution in [2.75, 3.05) is 30.3 Å². The summed E-state index contributed by atoms with van der Waals surface area (Å²) < 4.78 is 44.0. The van der Waals surface area contributed by atoms with Gasteiger partial charge in [0.2, 0.25) is 0 Å². The molecule has 0 aliphatic heterocycles. The Morgan fingerprint density at radius 2 is 1.46 bits per heavy atom. The predicted octanol–water partition coefficient (Wildman–Crippen LogP) is 6.58. The van der Waals surface area contributed by atoms with E-state index >= 15 is 0 Å². The Hall–Kier alpha value is -2.37. The highest BCUT2D eigenvalue weighted by Gasteiger charge is 2.30. The van der Waals surface area contributed by atoms with Gasteiger partial charge in [0, 0.05) is 30.5 Å². The van der Waals surface area contributed by atoms with Gasteiger partial charge in [0.25, 0.3) is 0 Å². The number of alkyl halides is 3. The minimum atomic E-state index is -4.33. The smallest absolute Gasteiger partial charge is 0.416 e. The number of ether oxygens (including phenoxy) is 1. The SMILES string of the molecule is CCCCCCCOc1cccc(NCCNc2cccc(C(F)(F)F)c2)c1. The second-order valence-electron chi connectivity index (χ2n) is 6.72. The van der Waals surface area contributed by atoms with E-state index in [-0.39, 0.29) is 0 Å². The minimum absolute atomic E-state index is 0.455. The molecule has 0 aromatic heterocycles. The van der Waals surface area contributed by atoms with E-state index in [0.29, 0.717) is 25.4 Å². The molecule has 2 aromatic rings. The Bertz CT molecular complexity index is 704. The molecular formula is C22H29F3N2O. The Labute approximate surface area is 165 Å². The lowest BCUT2D eigenvalue weighted by atomic mass is 10.2. The first kappa shape index (κ1) is 21.9. The standard InChI is InChI=1S/C22H29F3N2O/c1-2-3-4-5-6-15-28-21-12-8-11-20(17-21)27-14-13-26-19-10-7-9-18(16-19)22(23,24)25/h7-12,16-17,26-27H,2-6,13-15H2,1H3. The summed E-state index contributed by atoms with van der Waals surface area (Å²) in [6, 6.07) is 13.0. The first-order valence-electron chi connectivity index (χ1n) is 9.87. The Morgan fingerprint density at radius 3 is 2.14 bits per heavy atom. The zero-order chi connectivity index (χ0) is 20.2. The summed E-state index contributed by atoms with van der Waals surface area (Å²) in [4.78, 5) is 0. The third-order valence-corrected chi connectivity index (χ3v) is 4.32. The van der Waals surface area contributed by atoms with Gasteiger partial charge in [0.05, 0.1) is 12.2 Å². The van der Waals surface area contributed by atoms with Crippen LogP contribution in [0.4, 0.5) is 24.5 Å². The van der Waals surface area contributed by atoms with Gasteiger partial charge >= 0.3 is 6.18 Å². The zero-order valence-electron chi connectivity index (χ0n) is 16.3. The first-order chi connectivity index (χ1) is 13.5. The van der Waals surface area contributed by atoms with Gasteiger partial charge in [-0.15, -0.1) is 0 Å². The van der Waals surface area contributed by atoms with Crippen molar-refractivity contribution < 1.29 is 17.9 Å². The van der Waals surface area contributed by atoms with Crippen molar-refractivity contribution in [1.82, 2.24) is 0 Å². The molecule has 0 atom stereocenters. The van der Waals surface area contributed by atoms with Crippen molar-refractivity contribution in [3.63, 3.8) is 0 Å². The molecule has 0 fully saturated rings. The molecule has 28 heavy (non-hydrogen) atoms. The fourth-order valence-corrected chi connectivity index (χ4v) is 2.81. The molecule has 2 aromatic carbocycles. The maximum absolute atomic E-state index is 12.7. The number of unbranched alkanes of at least 4 members (excludes halogenated alkanes) is 4. The van der Waals surface area contributed by atoms with Gasteiger partial charge in [0.15, 0.2) is 0 Å². The molecule has 3 nitrogen and oxygen atoms in total. The highest BCUT2D eigenvalue weighted by molar-refractivity contribution is 5.49. The minimum Gasteiger partial charge on any atom is -0.494 e. The largest absolute Gasteiger partial charge is 0.494 e. The Balaban J connectivity index is 1.70. The molecule has 0 spiro atoms. The molecule has 0 radical (unpaired) electrons. The monoisotopic (exact) mass is 394 g/mol. The fraction of sp³-hybridized carbons (Fsp3) is 0.455. The van der Waals surface area contributed by atoms with E-state index in [0.717, 1.165) is 30.0 Å². The number of hydrogen-bond donors (Lipinski definition) is 2. The summed E-state index contributed by atoms with van der Waals surface area (Å²) >= 11 is 0. The second-order valence-corrected chi connectivity index (χ2v) is 6.72. The van der Waals surface area contributed by atoms with Gasteiger partial charge in [-0.05, 0) is 36.8 Å². The van der Waals surface area contributed by atoms with Gasteiger partial charge in [-0.2, -0.15) is 13.2 Å². The van der Waals surface area contributed by atoms with Crippen LogP contribution in [0.2, 0.25) is 0 Å². The third-order valence-electron chi connectivity index (χ3n) is 4.32. The molecule has 0 bridgehead atoms. The van der Waals surface area contributed by atoms with E-state index in [9.17, 15) is 13.2 Å². The highest BCUT2D eigenvalue weighted by atomic mass is 19.4. The van der Waals surface area contributed by atoms with Crippen molar-refractivity contribution in [2.24, 2.45) is 0 Å². The third kappa shape index (κ3) is 8.11. The molecule has 6 heteroatoms. The maximum Gasteiger partial charge on any atom is 0.416 e. The van der Waals surface area contributed by atoms with Gasteiger partial charge in [-0.3, -0.25) is 0 Å². The van der Waals surface area contributed by atoms with Gasteiger partial charge in [-0.25, -0.2) is 0 Å². The average molecular weight is 394 g/mol. The molecule has 154 valence electrons. The van der Waals surface area contributed by atoms with E-state index in [2.05, 4.69) is 17.6 Å². The number of halogens is 3. The van der Waals surface area contributed by atoms with Gasteiger partial charge in [0.1, 0.15) is 5.75 Å². The Kier molecular flexibility index (Phi) is 8.98. The fourth-order valence-electron chi connectivity index (χ4n) is 2.81. The molecule has 2 rings (SSSR count). The van der Waals surface area contributed by atoms with Crippen molar-refractivity contribution in [2.45, 2.75) is 45.2 Å². The van der Waals surface area contributed by atoms with E-state index in [4.69, 9.17) is 4.74 Å². The van der Waals surface area contributed by atoms with Crippen molar-refractivity contribution in [1.29, 1.82) is 0 Å². The highest BCUT2D eigenvalue weighted by Crippen LogP contribution is 2.30. The molecule has 0 amide bonds. The van der Waals surface area contributed by atoms with Gasteiger partial charge in [-0.1, -0.05) is 44.7 Å². The summed E-state index contributed by atoms with van der Waals surface area (Å²) in [5.41, 5.74) is 0.733. The molecule has 0 saturated carbocycles. The van der Waals surface area contributed by atoms with E-state index in [1.54, 1.807) is 6.07 Å². The number of anilines is 2. The molecule has 0 aliphatic carbocycles. The predicted molar refractivity (Wildman–Crippen MR) is 109 cm³/mol. The lowest BCUT2D eigenvalue weighted by Gasteiger charge is -2.12. The topological polar surface area (TPSA) is 33.3 Å². The summed E-state index contributed by atoms with van der Waals surface area (Å²) in [6.45, 7) is 3.99. The zero-order valence-corrected chi connectivity index (χ0v) is 16.3. The molecule has 2 N–H and O–H groups in total. The van der Waals surface area contributed by atoms with Crippen LogP contribution in [0.5, 0.6) is 5.75 Å². The molecule has 0 aliphatic rings. The average Bonchev–Trinajstić information content (AvgIpc) is 2.68. The quantitative estimate of drug-likeness (QED) is 0.399. The van der Waals surface area contributed by atoms with Gasteiger partial charge < -0.3 is 15.4 Å². The Morgan fingerprint density at radius 1 is 0.821 bits per heavy atom. The normalized spacial score (nSPS) is 11.3. The second kappa shape index (κ2) is 11.5.